The van der Waals surface area contributed by atoms with E-state index in [2.05, 4.69) is 9.97 Å². The highest BCUT2D eigenvalue weighted by atomic mass is 32.1. The van der Waals surface area contributed by atoms with Gasteiger partial charge < -0.3 is 24.3 Å². The van der Waals surface area contributed by atoms with Crippen LogP contribution < -0.4 is 19.9 Å². The summed E-state index contributed by atoms with van der Waals surface area (Å²) in [7, 11) is 0. The molecule has 0 spiro atoms. The van der Waals surface area contributed by atoms with Gasteiger partial charge >= 0.3 is 0 Å². The highest BCUT2D eigenvalue weighted by Crippen LogP contribution is 2.40. The number of hydrogen-bond acceptors (Lipinski definition) is 7. The van der Waals surface area contributed by atoms with Crippen LogP contribution in [0.15, 0.2) is 22.6 Å². The maximum absolute atomic E-state index is 12.7. The fourth-order valence-electron chi connectivity index (χ4n) is 2.84. The quantitative estimate of drug-likeness (QED) is 0.853. The molecule has 4 rings (SSSR count). The molecule has 0 aliphatic carbocycles. The zero-order chi connectivity index (χ0) is 16.5. The fraction of sp³-hybridized carbons (Fsp3) is 0.400. The van der Waals surface area contributed by atoms with Crippen LogP contribution in [0.1, 0.15) is 9.67 Å². The summed E-state index contributed by atoms with van der Waals surface area (Å²) in [5.74, 6) is 1.55. The second-order valence-corrected chi connectivity index (χ2v) is 6.36. The fourth-order valence-corrected chi connectivity index (χ4v) is 3.74. The summed E-state index contributed by atoms with van der Waals surface area (Å²) < 4.78 is 11.1. The lowest BCUT2D eigenvalue weighted by atomic mass is 10.2. The molecule has 4 heterocycles. The van der Waals surface area contributed by atoms with Gasteiger partial charge in [-0.05, 0) is 0 Å². The highest BCUT2D eigenvalue weighted by Gasteiger charge is 2.29. The molecule has 2 aromatic heterocycles. The van der Waals surface area contributed by atoms with Crippen molar-refractivity contribution in [3.05, 3.63) is 33.0 Å². The van der Waals surface area contributed by atoms with Gasteiger partial charge in [0.2, 0.25) is 0 Å². The average Bonchev–Trinajstić information content (AvgIpc) is 3.06. The molecule has 0 aromatic carbocycles. The van der Waals surface area contributed by atoms with Gasteiger partial charge in [0.25, 0.3) is 11.5 Å². The number of carbonyl (C=O) groups excluding carboxylic acids is 1. The third-order valence-corrected chi connectivity index (χ3v) is 4.98. The Morgan fingerprint density at radius 3 is 2.79 bits per heavy atom. The Balaban J connectivity index is 1.46. The van der Waals surface area contributed by atoms with E-state index in [0.29, 0.717) is 61.6 Å². The van der Waals surface area contributed by atoms with Gasteiger partial charge in [-0.25, -0.2) is 4.98 Å². The lowest BCUT2D eigenvalue weighted by Gasteiger charge is -2.34. The van der Waals surface area contributed by atoms with Gasteiger partial charge in [0.05, 0.1) is 0 Å². The zero-order valence-electron chi connectivity index (χ0n) is 12.9. The van der Waals surface area contributed by atoms with Crippen molar-refractivity contribution in [1.29, 1.82) is 0 Å². The van der Waals surface area contributed by atoms with Gasteiger partial charge in [-0.2, -0.15) is 0 Å². The number of rotatable bonds is 2. The van der Waals surface area contributed by atoms with Crippen molar-refractivity contribution in [3.63, 3.8) is 0 Å². The Labute approximate surface area is 141 Å². The Hall–Kier alpha value is -2.55. The van der Waals surface area contributed by atoms with E-state index in [1.165, 1.54) is 17.5 Å². The van der Waals surface area contributed by atoms with Crippen LogP contribution >= 0.6 is 11.3 Å². The van der Waals surface area contributed by atoms with Gasteiger partial charge in [-0.1, -0.05) is 0 Å². The van der Waals surface area contributed by atoms with Gasteiger partial charge in [-0.3, -0.25) is 9.59 Å². The lowest BCUT2D eigenvalue weighted by Crippen LogP contribution is -2.50. The number of aromatic nitrogens is 2. The van der Waals surface area contributed by atoms with Gasteiger partial charge in [0.1, 0.15) is 18.1 Å². The van der Waals surface area contributed by atoms with E-state index in [1.807, 2.05) is 10.3 Å². The van der Waals surface area contributed by atoms with Crippen molar-refractivity contribution in [1.82, 2.24) is 14.9 Å². The number of H-pyrrole nitrogens is 1. The summed E-state index contributed by atoms with van der Waals surface area (Å²) in [6.45, 7) is 3.16. The van der Waals surface area contributed by atoms with Crippen LogP contribution in [0.5, 0.6) is 11.5 Å². The minimum Gasteiger partial charge on any atom is -0.485 e. The molecule has 1 fully saturated rings. The molecule has 0 bridgehead atoms. The number of amides is 1. The van der Waals surface area contributed by atoms with Gasteiger partial charge in [0.15, 0.2) is 17.3 Å². The van der Waals surface area contributed by atoms with E-state index in [-0.39, 0.29) is 11.5 Å². The smallest absolute Gasteiger partial charge is 0.290 e. The summed E-state index contributed by atoms with van der Waals surface area (Å²) in [5, 5.41) is 1.81. The molecule has 9 heteroatoms. The first-order chi connectivity index (χ1) is 11.7. The summed E-state index contributed by atoms with van der Waals surface area (Å²) in [5.41, 5.74) is -0.213. The van der Waals surface area contributed by atoms with E-state index in [0.717, 1.165) is 0 Å². The first kappa shape index (κ1) is 15.0. The van der Waals surface area contributed by atoms with Crippen LogP contribution in [0.4, 0.5) is 5.82 Å². The SMILES string of the molecule is O=C(c1scc2c1OCCO2)N1CCN(c2ncc[nH]c2=O)CC1. The van der Waals surface area contributed by atoms with Crippen LogP contribution in [-0.4, -0.2) is 60.2 Å². The molecular weight excluding hydrogens is 332 g/mol. The second kappa shape index (κ2) is 6.16. The van der Waals surface area contributed by atoms with E-state index in [1.54, 1.807) is 11.1 Å². The Bertz CT molecular complexity index is 810. The molecule has 2 aliphatic rings. The molecular formula is C15H16N4O4S. The Kier molecular flexibility index (Phi) is 3.85. The molecule has 0 unspecified atom stereocenters. The molecule has 0 saturated carbocycles. The average molecular weight is 348 g/mol. The monoisotopic (exact) mass is 348 g/mol. The minimum absolute atomic E-state index is 0.0543. The number of nitrogens with one attached hydrogen (secondary N) is 1. The number of piperazine rings is 1. The molecule has 2 aliphatic heterocycles. The maximum Gasteiger partial charge on any atom is 0.290 e. The molecule has 2 aromatic rings. The summed E-state index contributed by atoms with van der Waals surface area (Å²) in [6, 6.07) is 0. The molecule has 1 saturated heterocycles. The number of aromatic amines is 1. The van der Waals surface area contributed by atoms with Crippen LogP contribution in [0.25, 0.3) is 0 Å². The van der Waals surface area contributed by atoms with Crippen molar-refractivity contribution in [2.45, 2.75) is 0 Å². The van der Waals surface area contributed by atoms with Crippen molar-refractivity contribution >= 4 is 23.1 Å². The molecule has 8 nitrogen and oxygen atoms in total. The Morgan fingerprint density at radius 2 is 2.00 bits per heavy atom. The number of nitrogens with zero attached hydrogens (tertiary/aromatic N) is 3. The van der Waals surface area contributed by atoms with E-state index >= 15 is 0 Å². The predicted octanol–water partition coefficient (Wildman–Crippen LogP) is 0.565. The summed E-state index contributed by atoms with van der Waals surface area (Å²) in [6.07, 6.45) is 3.07. The normalized spacial score (nSPS) is 17.0. The molecule has 0 atom stereocenters. The molecule has 0 radical (unpaired) electrons. The Morgan fingerprint density at radius 1 is 1.21 bits per heavy atom. The molecule has 24 heavy (non-hydrogen) atoms. The van der Waals surface area contributed by atoms with E-state index < -0.39 is 0 Å². The topological polar surface area (TPSA) is 87.8 Å². The second-order valence-electron chi connectivity index (χ2n) is 5.48. The third-order valence-electron chi connectivity index (χ3n) is 4.05. The zero-order valence-corrected chi connectivity index (χ0v) is 13.7. The predicted molar refractivity (Wildman–Crippen MR) is 88.3 cm³/mol. The number of carbonyl (C=O) groups is 1. The molecule has 1 N–H and O–H groups in total. The number of hydrogen-bond donors (Lipinski definition) is 1. The summed E-state index contributed by atoms with van der Waals surface area (Å²) >= 11 is 1.34. The van der Waals surface area contributed by atoms with E-state index in [4.69, 9.17) is 9.47 Å². The van der Waals surface area contributed by atoms with Crippen molar-refractivity contribution in [2.75, 3.05) is 44.3 Å². The van der Waals surface area contributed by atoms with E-state index in [9.17, 15) is 9.59 Å². The summed E-state index contributed by atoms with van der Waals surface area (Å²) in [4.78, 5) is 35.5. The van der Waals surface area contributed by atoms with Crippen LogP contribution in [0, 0.1) is 0 Å². The minimum atomic E-state index is -0.213. The number of thiophene rings is 1. The lowest BCUT2D eigenvalue weighted by molar-refractivity contribution is 0.0742. The van der Waals surface area contributed by atoms with Crippen molar-refractivity contribution in [2.24, 2.45) is 0 Å². The first-order valence-corrected chi connectivity index (χ1v) is 8.57. The first-order valence-electron chi connectivity index (χ1n) is 7.69. The molecule has 126 valence electrons. The maximum atomic E-state index is 12.7. The highest BCUT2D eigenvalue weighted by molar-refractivity contribution is 7.12. The van der Waals surface area contributed by atoms with Crippen molar-refractivity contribution in [3.8, 4) is 11.5 Å². The van der Waals surface area contributed by atoms with Gasteiger partial charge in [0, 0.05) is 44.0 Å². The third kappa shape index (κ3) is 2.60. The van der Waals surface area contributed by atoms with Crippen molar-refractivity contribution < 1.29 is 14.3 Å². The number of ether oxygens (including phenoxy) is 2. The van der Waals surface area contributed by atoms with Crippen LogP contribution in [0.3, 0.4) is 0 Å². The number of anilines is 1. The van der Waals surface area contributed by atoms with Crippen LogP contribution in [0.2, 0.25) is 0 Å². The number of fused-ring (bicyclic) bond motifs is 1. The van der Waals surface area contributed by atoms with Crippen LogP contribution in [-0.2, 0) is 0 Å². The van der Waals surface area contributed by atoms with Gasteiger partial charge in [-0.15, -0.1) is 11.3 Å². The largest absolute Gasteiger partial charge is 0.485 e. The standard InChI is InChI=1S/C15H16N4O4S/c20-14-13(16-1-2-17-14)18-3-5-19(6-4-18)15(21)12-11-10(9-24-12)22-7-8-23-11/h1-2,9H,3-8H2,(H,17,20). The molecule has 1 amide bonds.